The summed E-state index contributed by atoms with van der Waals surface area (Å²) in [6.07, 6.45) is -4.12. The van der Waals surface area contributed by atoms with Gasteiger partial charge in [-0.05, 0) is 13.0 Å². The predicted octanol–water partition coefficient (Wildman–Crippen LogP) is 4.48. The van der Waals surface area contributed by atoms with E-state index in [1.807, 2.05) is 0 Å². The molecule has 0 unspecified atom stereocenters. The molecule has 0 radical (unpaired) electrons. The van der Waals surface area contributed by atoms with E-state index in [0.29, 0.717) is 0 Å². The molecule has 0 heterocycles. The zero-order valence-corrected chi connectivity index (χ0v) is 11.0. The topological polar surface area (TPSA) is 26.3 Å². The number of ketones is 1. The van der Waals surface area contributed by atoms with Crippen LogP contribution in [0, 0.1) is 0 Å². The van der Waals surface area contributed by atoms with Gasteiger partial charge in [0.25, 0.3) is 0 Å². The van der Waals surface area contributed by atoms with Crippen LogP contribution in [0.2, 0.25) is 10.0 Å². The molecule has 0 aliphatic heterocycles. The van der Waals surface area contributed by atoms with Crippen LogP contribution in [0.15, 0.2) is 12.1 Å². The number of hydrogen-bond acceptors (Lipinski definition) is 2. The largest absolute Gasteiger partial charge is 0.492 e. The number of alkyl halides is 4. The Morgan fingerprint density at radius 1 is 1.32 bits per heavy atom. The smallest absolute Gasteiger partial charge is 0.368 e. The molecule has 0 fully saturated rings. The third kappa shape index (κ3) is 3.30. The summed E-state index contributed by atoms with van der Waals surface area (Å²) >= 11 is 11.3. The van der Waals surface area contributed by atoms with Crippen molar-refractivity contribution in [1.29, 1.82) is 0 Å². The highest BCUT2D eigenvalue weighted by Gasteiger charge is 2.49. The zero-order chi connectivity index (χ0) is 14.8. The fourth-order valence-electron chi connectivity index (χ4n) is 1.25. The van der Waals surface area contributed by atoms with Gasteiger partial charge in [-0.25, -0.2) is 8.78 Å². The van der Waals surface area contributed by atoms with Crippen molar-refractivity contribution < 1.29 is 27.1 Å². The summed E-state index contributed by atoms with van der Waals surface area (Å²) in [5.41, 5.74) is -0.777. The standard InChI is InChI=1S/C11H8Cl2F4O2/c1-2-19-8-4-6(12)5(3-7(8)13)9(18)11(16,17)10(14)15/h3-4,10H,2H2,1H3. The lowest BCUT2D eigenvalue weighted by atomic mass is 10.1. The van der Waals surface area contributed by atoms with Crippen molar-refractivity contribution in [2.24, 2.45) is 0 Å². The van der Waals surface area contributed by atoms with Crippen LogP contribution in [-0.2, 0) is 0 Å². The quantitative estimate of drug-likeness (QED) is 0.591. The number of rotatable bonds is 5. The highest BCUT2D eigenvalue weighted by Crippen LogP contribution is 2.35. The number of ether oxygens (including phenoxy) is 1. The first kappa shape index (κ1) is 16.0. The SMILES string of the molecule is CCOc1cc(Cl)c(C(=O)C(F)(F)C(F)F)cc1Cl. The van der Waals surface area contributed by atoms with Gasteiger partial charge in [0.15, 0.2) is 0 Å². The third-order valence-corrected chi connectivity index (χ3v) is 2.75. The minimum atomic E-state index is -4.82. The van der Waals surface area contributed by atoms with Crippen molar-refractivity contribution in [3.05, 3.63) is 27.7 Å². The van der Waals surface area contributed by atoms with Gasteiger partial charge in [-0.3, -0.25) is 4.79 Å². The molecule has 8 heteroatoms. The van der Waals surface area contributed by atoms with E-state index >= 15 is 0 Å². The fourth-order valence-corrected chi connectivity index (χ4v) is 1.71. The first-order chi connectivity index (χ1) is 8.71. The maximum atomic E-state index is 13.0. The molecule has 0 aromatic heterocycles. The van der Waals surface area contributed by atoms with Crippen LogP contribution in [0.3, 0.4) is 0 Å². The molecule has 0 amide bonds. The number of hydrogen-bond donors (Lipinski definition) is 0. The summed E-state index contributed by atoms with van der Waals surface area (Å²) in [5.74, 6) is -6.83. The van der Waals surface area contributed by atoms with E-state index in [0.717, 1.165) is 12.1 Å². The van der Waals surface area contributed by atoms with Crippen LogP contribution in [-0.4, -0.2) is 24.7 Å². The molecule has 0 atom stereocenters. The molecule has 0 spiro atoms. The van der Waals surface area contributed by atoms with Gasteiger partial charge in [0.05, 0.1) is 16.7 Å². The average Bonchev–Trinajstić information content (AvgIpc) is 2.32. The second-order valence-electron chi connectivity index (χ2n) is 3.45. The summed E-state index contributed by atoms with van der Waals surface area (Å²) < 4.78 is 55.1. The molecule has 19 heavy (non-hydrogen) atoms. The van der Waals surface area contributed by atoms with E-state index in [1.54, 1.807) is 6.92 Å². The van der Waals surface area contributed by atoms with E-state index in [1.165, 1.54) is 0 Å². The fraction of sp³-hybridized carbons (Fsp3) is 0.364. The zero-order valence-electron chi connectivity index (χ0n) is 9.52. The molecular formula is C11H8Cl2F4O2. The van der Waals surface area contributed by atoms with Crippen molar-refractivity contribution in [2.75, 3.05) is 6.61 Å². The van der Waals surface area contributed by atoms with E-state index < -0.39 is 28.7 Å². The molecule has 2 nitrogen and oxygen atoms in total. The van der Waals surface area contributed by atoms with Gasteiger partial charge >= 0.3 is 12.3 Å². The lowest BCUT2D eigenvalue weighted by Crippen LogP contribution is -2.36. The van der Waals surface area contributed by atoms with Gasteiger partial charge in [-0.1, -0.05) is 23.2 Å². The Bertz CT molecular complexity index is 492. The Balaban J connectivity index is 3.22. The van der Waals surface area contributed by atoms with Gasteiger partial charge in [-0.15, -0.1) is 0 Å². The molecule has 106 valence electrons. The summed E-state index contributed by atoms with van der Waals surface area (Å²) in [7, 11) is 0. The average molecular weight is 319 g/mol. The van der Waals surface area contributed by atoms with E-state index in [9.17, 15) is 22.4 Å². The first-order valence-corrected chi connectivity index (χ1v) is 5.80. The maximum Gasteiger partial charge on any atom is 0.368 e. The molecule has 0 aliphatic carbocycles. The second kappa shape index (κ2) is 5.96. The van der Waals surface area contributed by atoms with Gasteiger partial charge in [0.1, 0.15) is 5.75 Å². The maximum absolute atomic E-state index is 13.0. The van der Waals surface area contributed by atoms with E-state index in [-0.39, 0.29) is 17.4 Å². The number of halogens is 6. The van der Waals surface area contributed by atoms with Crippen molar-refractivity contribution >= 4 is 29.0 Å². The van der Waals surface area contributed by atoms with Crippen molar-refractivity contribution in [3.63, 3.8) is 0 Å². The molecule has 0 saturated carbocycles. The highest BCUT2D eigenvalue weighted by atomic mass is 35.5. The van der Waals surface area contributed by atoms with Crippen LogP contribution in [0.5, 0.6) is 5.75 Å². The number of Topliss-reactive ketones (excluding diaryl/α,β-unsaturated/α-hetero) is 1. The lowest BCUT2D eigenvalue weighted by molar-refractivity contribution is -0.0958. The van der Waals surface area contributed by atoms with Crippen molar-refractivity contribution in [1.82, 2.24) is 0 Å². The summed E-state index contributed by atoms with van der Waals surface area (Å²) in [6, 6.07) is 1.82. The van der Waals surface area contributed by atoms with Crippen LogP contribution in [0.4, 0.5) is 17.6 Å². The van der Waals surface area contributed by atoms with Gasteiger partial charge in [0, 0.05) is 11.6 Å². The monoisotopic (exact) mass is 318 g/mol. The Morgan fingerprint density at radius 3 is 2.37 bits per heavy atom. The molecule has 1 aromatic rings. The number of benzene rings is 1. The molecule has 1 rings (SSSR count). The highest BCUT2D eigenvalue weighted by molar-refractivity contribution is 6.37. The van der Waals surface area contributed by atoms with Gasteiger partial charge in [0.2, 0.25) is 5.78 Å². The van der Waals surface area contributed by atoms with Crippen LogP contribution in [0.25, 0.3) is 0 Å². The minimum absolute atomic E-state index is 0.0751. The van der Waals surface area contributed by atoms with Gasteiger partial charge in [-0.2, -0.15) is 8.78 Å². The van der Waals surface area contributed by atoms with Crippen molar-refractivity contribution in [2.45, 2.75) is 19.3 Å². The third-order valence-electron chi connectivity index (χ3n) is 2.14. The van der Waals surface area contributed by atoms with Crippen molar-refractivity contribution in [3.8, 4) is 5.75 Å². The van der Waals surface area contributed by atoms with Crippen LogP contribution >= 0.6 is 23.2 Å². The summed E-state index contributed by atoms with van der Waals surface area (Å²) in [5, 5.41) is -0.599. The molecule has 0 N–H and O–H groups in total. The molecule has 0 saturated heterocycles. The lowest BCUT2D eigenvalue weighted by Gasteiger charge is -2.15. The molecular weight excluding hydrogens is 311 g/mol. The number of carbonyl (C=O) groups is 1. The number of carbonyl (C=O) groups excluding carboxylic acids is 1. The molecule has 0 bridgehead atoms. The second-order valence-corrected chi connectivity index (χ2v) is 4.26. The summed E-state index contributed by atoms with van der Waals surface area (Å²) in [6.45, 7) is 1.88. The molecule has 0 aliphatic rings. The Hall–Kier alpha value is -1.01. The Labute approximate surface area is 116 Å². The Kier molecular flexibility index (Phi) is 5.04. The minimum Gasteiger partial charge on any atom is -0.492 e. The molecule has 1 aromatic carbocycles. The first-order valence-electron chi connectivity index (χ1n) is 5.04. The van der Waals surface area contributed by atoms with Crippen LogP contribution in [0.1, 0.15) is 17.3 Å². The van der Waals surface area contributed by atoms with E-state index in [4.69, 9.17) is 27.9 Å². The Morgan fingerprint density at radius 2 is 1.89 bits per heavy atom. The normalized spacial score (nSPS) is 11.8. The van der Waals surface area contributed by atoms with Crippen LogP contribution < -0.4 is 4.74 Å². The van der Waals surface area contributed by atoms with Gasteiger partial charge < -0.3 is 4.74 Å². The van der Waals surface area contributed by atoms with E-state index in [2.05, 4.69) is 0 Å². The summed E-state index contributed by atoms with van der Waals surface area (Å²) in [4.78, 5) is 11.3. The predicted molar refractivity (Wildman–Crippen MR) is 62.9 cm³/mol.